The van der Waals surface area contributed by atoms with Crippen LogP contribution < -0.4 is 9.47 Å². The van der Waals surface area contributed by atoms with E-state index in [1.807, 2.05) is 45.0 Å². The maximum absolute atomic E-state index is 13.0. The van der Waals surface area contributed by atoms with Gasteiger partial charge < -0.3 is 14.6 Å². The number of aliphatic hydroxyl groups is 1. The third kappa shape index (κ3) is 6.35. The molecule has 3 nitrogen and oxygen atoms in total. The van der Waals surface area contributed by atoms with Crippen LogP contribution in [0.1, 0.15) is 38.3 Å². The average molecular weight is 414 g/mol. The lowest BCUT2D eigenvalue weighted by atomic mass is 9.78. The van der Waals surface area contributed by atoms with Gasteiger partial charge in [-0.3, -0.25) is 0 Å². The maximum Gasteiger partial charge on any atom is 0.423 e. The molecule has 0 heterocycles. The molecule has 2 unspecified atom stereocenters. The Morgan fingerprint density at radius 1 is 0.828 bits per heavy atom. The molecule has 2 atom stereocenters. The molecule has 160 valence electrons. The zero-order valence-corrected chi connectivity index (χ0v) is 16.7. The fourth-order valence-corrected chi connectivity index (χ4v) is 2.68. The molecule has 0 spiro atoms. The van der Waals surface area contributed by atoms with Crippen LogP contribution in [0.15, 0.2) is 48.5 Å². The van der Waals surface area contributed by atoms with Gasteiger partial charge in [-0.1, -0.05) is 45.0 Å². The van der Waals surface area contributed by atoms with Crippen molar-refractivity contribution in [2.75, 3.05) is 13.2 Å². The van der Waals surface area contributed by atoms with E-state index in [0.29, 0.717) is 12.2 Å². The van der Waals surface area contributed by atoms with Gasteiger partial charge in [-0.15, -0.1) is 0 Å². The lowest BCUT2D eigenvalue weighted by molar-refractivity contribution is -0.187. The SMILES string of the molecule is CCC(O)COc1ccc(C(C)(C)c2ccc(OCC(F)C(F)(F)F)cc2)cc1. The molecular weight excluding hydrogens is 388 g/mol. The van der Waals surface area contributed by atoms with Gasteiger partial charge >= 0.3 is 6.18 Å². The zero-order chi connectivity index (χ0) is 21.7. The van der Waals surface area contributed by atoms with Crippen LogP contribution in [-0.2, 0) is 5.41 Å². The van der Waals surface area contributed by atoms with E-state index in [1.54, 1.807) is 12.1 Å². The van der Waals surface area contributed by atoms with Crippen LogP contribution >= 0.6 is 0 Å². The van der Waals surface area contributed by atoms with Gasteiger partial charge in [-0.05, 0) is 41.8 Å². The molecule has 2 aromatic carbocycles. The fourth-order valence-electron chi connectivity index (χ4n) is 2.68. The zero-order valence-electron chi connectivity index (χ0n) is 16.7. The van der Waals surface area contributed by atoms with Crippen LogP contribution in [0.4, 0.5) is 17.6 Å². The number of benzene rings is 2. The van der Waals surface area contributed by atoms with Crippen LogP contribution in [0.3, 0.4) is 0 Å². The first-order valence-corrected chi connectivity index (χ1v) is 9.39. The molecule has 0 aliphatic carbocycles. The summed E-state index contributed by atoms with van der Waals surface area (Å²) in [5, 5.41) is 9.57. The minimum absolute atomic E-state index is 0.176. The van der Waals surface area contributed by atoms with Crippen molar-refractivity contribution in [2.24, 2.45) is 0 Å². The second kappa shape index (κ2) is 9.48. The largest absolute Gasteiger partial charge is 0.491 e. The van der Waals surface area contributed by atoms with Crippen molar-refractivity contribution in [1.82, 2.24) is 0 Å². The first kappa shape index (κ1) is 23.0. The number of halogens is 4. The normalized spacial score (nSPS) is 14.3. The molecule has 2 aromatic rings. The number of ether oxygens (including phenoxy) is 2. The highest BCUT2D eigenvalue weighted by Gasteiger charge is 2.40. The van der Waals surface area contributed by atoms with Gasteiger partial charge in [0.1, 0.15) is 24.7 Å². The molecule has 0 amide bonds. The highest BCUT2D eigenvalue weighted by molar-refractivity contribution is 5.41. The number of hydrogen-bond donors (Lipinski definition) is 1. The van der Waals surface area contributed by atoms with Crippen LogP contribution in [0, 0.1) is 0 Å². The topological polar surface area (TPSA) is 38.7 Å². The molecule has 0 saturated carbocycles. The van der Waals surface area contributed by atoms with Gasteiger partial charge in [0.25, 0.3) is 0 Å². The summed E-state index contributed by atoms with van der Waals surface area (Å²) >= 11 is 0. The minimum Gasteiger partial charge on any atom is -0.491 e. The first-order chi connectivity index (χ1) is 13.5. The maximum atomic E-state index is 13.0. The van der Waals surface area contributed by atoms with E-state index in [0.717, 1.165) is 11.1 Å². The summed E-state index contributed by atoms with van der Waals surface area (Å²) in [7, 11) is 0. The Balaban J connectivity index is 2.03. The lowest BCUT2D eigenvalue weighted by Crippen LogP contribution is -2.30. The van der Waals surface area contributed by atoms with Gasteiger partial charge in [0.05, 0.1) is 6.10 Å². The smallest absolute Gasteiger partial charge is 0.423 e. The summed E-state index contributed by atoms with van der Waals surface area (Å²) in [6.07, 6.45) is -7.83. The van der Waals surface area contributed by atoms with Crippen molar-refractivity contribution in [2.45, 2.75) is 51.1 Å². The highest BCUT2D eigenvalue weighted by atomic mass is 19.4. The van der Waals surface area contributed by atoms with Crippen molar-refractivity contribution in [3.63, 3.8) is 0 Å². The van der Waals surface area contributed by atoms with E-state index < -0.39 is 25.1 Å². The number of aliphatic hydroxyl groups excluding tert-OH is 1. The van der Waals surface area contributed by atoms with Crippen LogP contribution in [0.2, 0.25) is 0 Å². The predicted octanol–water partition coefficient (Wildman–Crippen LogP) is 5.44. The van der Waals surface area contributed by atoms with Gasteiger partial charge in [-0.2, -0.15) is 13.2 Å². The van der Waals surface area contributed by atoms with E-state index in [4.69, 9.17) is 9.47 Å². The molecule has 0 radical (unpaired) electrons. The standard InChI is InChI=1S/C22H26F4O3/c1-4-17(27)13-28-18-9-5-15(6-10-18)21(2,3)16-7-11-19(12-8-16)29-14-20(23)22(24,25)26/h5-12,17,20,27H,4,13-14H2,1-3H3. The Morgan fingerprint density at radius 2 is 1.24 bits per heavy atom. The van der Waals surface area contributed by atoms with Crippen LogP contribution in [-0.4, -0.2) is 36.8 Å². The molecule has 1 N–H and O–H groups in total. The van der Waals surface area contributed by atoms with E-state index in [2.05, 4.69) is 0 Å². The quantitative estimate of drug-likeness (QED) is 0.555. The van der Waals surface area contributed by atoms with Gasteiger partial charge in [0, 0.05) is 5.41 Å². The van der Waals surface area contributed by atoms with Crippen molar-refractivity contribution in [1.29, 1.82) is 0 Å². The van der Waals surface area contributed by atoms with E-state index >= 15 is 0 Å². The molecule has 0 fully saturated rings. The third-order valence-corrected chi connectivity index (χ3v) is 4.82. The van der Waals surface area contributed by atoms with Crippen LogP contribution in [0.25, 0.3) is 0 Å². The second-order valence-electron chi connectivity index (χ2n) is 7.37. The monoisotopic (exact) mass is 414 g/mol. The average Bonchev–Trinajstić information content (AvgIpc) is 2.70. The third-order valence-electron chi connectivity index (χ3n) is 4.82. The fraction of sp³-hybridized carbons (Fsp3) is 0.455. The highest BCUT2D eigenvalue weighted by Crippen LogP contribution is 2.33. The Labute approximate surface area is 168 Å². The summed E-state index contributed by atoms with van der Waals surface area (Å²) in [6.45, 7) is 5.07. The summed E-state index contributed by atoms with van der Waals surface area (Å²) in [5.74, 6) is 0.834. The minimum atomic E-state index is -4.92. The summed E-state index contributed by atoms with van der Waals surface area (Å²) in [4.78, 5) is 0. The van der Waals surface area contributed by atoms with Crippen molar-refractivity contribution in [3.8, 4) is 11.5 Å². The molecule has 0 saturated heterocycles. The molecule has 0 bridgehead atoms. The van der Waals surface area contributed by atoms with Crippen molar-refractivity contribution in [3.05, 3.63) is 59.7 Å². The Kier molecular flexibility index (Phi) is 7.52. The number of alkyl halides is 4. The molecule has 0 aromatic heterocycles. The summed E-state index contributed by atoms with van der Waals surface area (Å²) in [5.41, 5.74) is 1.55. The van der Waals surface area contributed by atoms with Crippen LogP contribution in [0.5, 0.6) is 11.5 Å². The van der Waals surface area contributed by atoms with Gasteiger partial charge in [-0.25, -0.2) is 4.39 Å². The van der Waals surface area contributed by atoms with E-state index in [-0.39, 0.29) is 17.8 Å². The van der Waals surface area contributed by atoms with E-state index in [9.17, 15) is 22.7 Å². The van der Waals surface area contributed by atoms with Crippen molar-refractivity contribution >= 4 is 0 Å². The first-order valence-electron chi connectivity index (χ1n) is 9.39. The van der Waals surface area contributed by atoms with E-state index in [1.165, 1.54) is 12.1 Å². The number of rotatable bonds is 9. The molecule has 0 aliphatic heterocycles. The summed E-state index contributed by atoms with van der Waals surface area (Å²) < 4.78 is 60.1. The lowest BCUT2D eigenvalue weighted by Gasteiger charge is -2.26. The number of hydrogen-bond acceptors (Lipinski definition) is 3. The molecular formula is C22H26F4O3. The molecule has 7 heteroatoms. The second-order valence-corrected chi connectivity index (χ2v) is 7.37. The predicted molar refractivity (Wildman–Crippen MR) is 103 cm³/mol. The molecule has 0 aliphatic rings. The van der Waals surface area contributed by atoms with Crippen molar-refractivity contribution < 1.29 is 32.1 Å². The summed E-state index contributed by atoms with van der Waals surface area (Å²) in [6, 6.07) is 14.1. The molecule has 29 heavy (non-hydrogen) atoms. The van der Waals surface area contributed by atoms with Gasteiger partial charge in [0.2, 0.25) is 6.17 Å². The van der Waals surface area contributed by atoms with Gasteiger partial charge in [0.15, 0.2) is 0 Å². The molecule has 2 rings (SSSR count). The Morgan fingerprint density at radius 3 is 1.62 bits per heavy atom. The Hall–Kier alpha value is -2.28. The Bertz CT molecular complexity index is 755.